The first-order valence-corrected chi connectivity index (χ1v) is 8.46. The number of thiophene rings is 1. The van der Waals surface area contributed by atoms with Crippen LogP contribution in [-0.4, -0.2) is 5.75 Å². The van der Waals surface area contributed by atoms with E-state index in [1.54, 1.807) is 11.3 Å². The topological polar surface area (TPSA) is 38.0 Å². The summed E-state index contributed by atoms with van der Waals surface area (Å²) in [7, 11) is 0. The maximum Gasteiger partial charge on any atom is 0.0468 e. The summed E-state index contributed by atoms with van der Waals surface area (Å²) in [5.74, 6) is 1.15. The molecule has 19 heavy (non-hydrogen) atoms. The van der Waals surface area contributed by atoms with Gasteiger partial charge in [0.15, 0.2) is 0 Å². The molecule has 0 amide bonds. The van der Waals surface area contributed by atoms with Crippen molar-refractivity contribution in [2.45, 2.75) is 23.9 Å². The standard InChI is InChI=1S/C14H15ClN2S2/c15-9-1-2-13-10(7-9)12(4-6-18-13)17-8-14-11(16)3-5-19-14/h1-3,5,7,12,17H,4,6,8,16H2. The molecule has 2 heterocycles. The Bertz CT molecular complexity index is 583. The number of halogens is 1. The van der Waals surface area contributed by atoms with E-state index in [1.807, 2.05) is 29.3 Å². The summed E-state index contributed by atoms with van der Waals surface area (Å²) in [6.07, 6.45) is 1.13. The van der Waals surface area contributed by atoms with E-state index >= 15 is 0 Å². The highest BCUT2D eigenvalue weighted by Crippen LogP contribution is 2.37. The van der Waals surface area contributed by atoms with E-state index in [4.69, 9.17) is 17.3 Å². The fraction of sp³-hybridized carbons (Fsp3) is 0.286. The minimum atomic E-state index is 0.372. The zero-order valence-corrected chi connectivity index (χ0v) is 12.7. The first kappa shape index (κ1) is 13.3. The molecule has 0 spiro atoms. The molecule has 0 aliphatic carbocycles. The average Bonchev–Trinajstić information content (AvgIpc) is 2.82. The molecule has 0 fully saturated rings. The van der Waals surface area contributed by atoms with Crippen LogP contribution in [0, 0.1) is 0 Å². The third-order valence-electron chi connectivity index (χ3n) is 3.30. The summed E-state index contributed by atoms with van der Waals surface area (Å²) in [5.41, 5.74) is 8.12. The molecule has 3 N–H and O–H groups in total. The van der Waals surface area contributed by atoms with Crippen LogP contribution in [-0.2, 0) is 6.54 Å². The number of hydrogen-bond donors (Lipinski definition) is 2. The summed E-state index contributed by atoms with van der Waals surface area (Å²) in [4.78, 5) is 2.55. The highest BCUT2D eigenvalue weighted by molar-refractivity contribution is 7.99. The van der Waals surface area contributed by atoms with Crippen LogP contribution in [0.15, 0.2) is 34.5 Å². The average molecular weight is 311 g/mol. The van der Waals surface area contributed by atoms with E-state index in [2.05, 4.69) is 17.4 Å². The van der Waals surface area contributed by atoms with Crippen molar-refractivity contribution < 1.29 is 0 Å². The number of fused-ring (bicyclic) bond motifs is 1. The molecule has 2 nitrogen and oxygen atoms in total. The van der Waals surface area contributed by atoms with Crippen LogP contribution >= 0.6 is 34.7 Å². The second kappa shape index (κ2) is 5.75. The summed E-state index contributed by atoms with van der Waals surface area (Å²) >= 11 is 9.72. The minimum Gasteiger partial charge on any atom is -0.398 e. The molecular weight excluding hydrogens is 296 g/mol. The molecule has 1 aliphatic rings. The predicted molar refractivity (Wildman–Crippen MR) is 85.1 cm³/mol. The first-order valence-electron chi connectivity index (χ1n) is 6.21. The van der Waals surface area contributed by atoms with Gasteiger partial charge in [0.1, 0.15) is 0 Å². The van der Waals surface area contributed by atoms with Crippen LogP contribution in [0.4, 0.5) is 5.69 Å². The molecule has 0 saturated carbocycles. The molecule has 1 atom stereocenters. The number of nitrogens with one attached hydrogen (secondary N) is 1. The Morgan fingerprint density at radius 2 is 2.26 bits per heavy atom. The molecule has 1 aliphatic heterocycles. The molecule has 2 aromatic rings. The zero-order chi connectivity index (χ0) is 13.2. The van der Waals surface area contributed by atoms with E-state index in [1.165, 1.54) is 15.3 Å². The maximum atomic E-state index is 6.11. The van der Waals surface area contributed by atoms with Crippen molar-refractivity contribution in [1.29, 1.82) is 0 Å². The number of nitrogens with two attached hydrogens (primary N) is 1. The summed E-state index contributed by atoms with van der Waals surface area (Å²) in [5, 5.41) is 6.45. The van der Waals surface area contributed by atoms with Crippen molar-refractivity contribution >= 4 is 40.4 Å². The molecule has 3 rings (SSSR count). The van der Waals surface area contributed by atoms with Gasteiger partial charge in [-0.05, 0) is 47.4 Å². The Hall–Kier alpha value is -0.680. The van der Waals surface area contributed by atoms with Crippen LogP contribution in [0.1, 0.15) is 22.9 Å². The molecule has 100 valence electrons. The van der Waals surface area contributed by atoms with Crippen molar-refractivity contribution in [3.8, 4) is 0 Å². The highest BCUT2D eigenvalue weighted by Gasteiger charge is 2.20. The molecule has 1 unspecified atom stereocenters. The van der Waals surface area contributed by atoms with Gasteiger partial charge in [0.2, 0.25) is 0 Å². The van der Waals surface area contributed by atoms with Gasteiger partial charge in [-0.25, -0.2) is 0 Å². The summed E-state index contributed by atoms with van der Waals surface area (Å²) in [6.45, 7) is 0.824. The van der Waals surface area contributed by atoms with Crippen LogP contribution in [0.2, 0.25) is 5.02 Å². The van der Waals surface area contributed by atoms with Crippen molar-refractivity contribution in [3.05, 3.63) is 45.1 Å². The molecule has 1 aromatic carbocycles. The van der Waals surface area contributed by atoms with Crippen LogP contribution in [0.3, 0.4) is 0 Å². The number of thioether (sulfide) groups is 1. The monoisotopic (exact) mass is 310 g/mol. The van der Waals surface area contributed by atoms with Gasteiger partial charge in [-0.2, -0.15) is 0 Å². The van der Waals surface area contributed by atoms with Crippen LogP contribution in [0.5, 0.6) is 0 Å². The van der Waals surface area contributed by atoms with Crippen molar-refractivity contribution in [2.75, 3.05) is 11.5 Å². The normalized spacial score (nSPS) is 18.3. The smallest absolute Gasteiger partial charge is 0.0468 e. The van der Waals surface area contributed by atoms with Gasteiger partial charge >= 0.3 is 0 Å². The predicted octanol–water partition coefficient (Wildman–Crippen LogP) is 4.31. The zero-order valence-electron chi connectivity index (χ0n) is 10.4. The Labute approximate surface area is 126 Å². The number of benzene rings is 1. The number of rotatable bonds is 3. The minimum absolute atomic E-state index is 0.372. The summed E-state index contributed by atoms with van der Waals surface area (Å²) in [6, 6.07) is 8.50. The molecular formula is C14H15ClN2S2. The Morgan fingerprint density at radius 3 is 3.05 bits per heavy atom. The number of anilines is 1. The van der Waals surface area contributed by atoms with Gasteiger partial charge < -0.3 is 11.1 Å². The number of nitrogen functional groups attached to an aromatic ring is 1. The fourth-order valence-corrected chi connectivity index (χ4v) is 4.32. The maximum absolute atomic E-state index is 6.11. The van der Waals surface area contributed by atoms with E-state index in [-0.39, 0.29) is 0 Å². The Balaban J connectivity index is 1.76. The highest BCUT2D eigenvalue weighted by atomic mass is 35.5. The van der Waals surface area contributed by atoms with Crippen molar-refractivity contribution in [2.24, 2.45) is 0 Å². The van der Waals surface area contributed by atoms with Gasteiger partial charge in [0.05, 0.1) is 0 Å². The third-order valence-corrected chi connectivity index (χ3v) is 5.59. The number of hydrogen-bond acceptors (Lipinski definition) is 4. The van der Waals surface area contributed by atoms with Gasteiger partial charge in [-0.1, -0.05) is 11.6 Å². The Kier molecular flexibility index (Phi) is 4.03. The molecule has 0 saturated heterocycles. The lowest BCUT2D eigenvalue weighted by Crippen LogP contribution is -2.24. The van der Waals surface area contributed by atoms with E-state index in [0.717, 1.165) is 29.4 Å². The van der Waals surface area contributed by atoms with Crippen LogP contribution < -0.4 is 11.1 Å². The SMILES string of the molecule is Nc1ccsc1CNC1CCSc2ccc(Cl)cc21. The van der Waals surface area contributed by atoms with Crippen molar-refractivity contribution in [1.82, 2.24) is 5.32 Å². The molecule has 1 aromatic heterocycles. The van der Waals surface area contributed by atoms with E-state index < -0.39 is 0 Å². The fourth-order valence-electron chi connectivity index (χ4n) is 2.29. The first-order chi connectivity index (χ1) is 9.24. The van der Waals surface area contributed by atoms with Gasteiger partial charge in [0, 0.05) is 33.1 Å². The quantitative estimate of drug-likeness (QED) is 0.887. The Morgan fingerprint density at radius 1 is 1.37 bits per heavy atom. The third kappa shape index (κ3) is 2.92. The van der Waals surface area contributed by atoms with Crippen molar-refractivity contribution in [3.63, 3.8) is 0 Å². The molecule has 0 bridgehead atoms. The van der Waals surface area contributed by atoms with Gasteiger partial charge in [-0.15, -0.1) is 23.1 Å². The second-order valence-corrected chi connectivity index (χ2v) is 7.13. The van der Waals surface area contributed by atoms with Crippen LogP contribution in [0.25, 0.3) is 0 Å². The summed E-state index contributed by atoms with van der Waals surface area (Å²) < 4.78 is 0. The molecule has 0 radical (unpaired) electrons. The second-order valence-electron chi connectivity index (χ2n) is 4.55. The van der Waals surface area contributed by atoms with Gasteiger partial charge in [-0.3, -0.25) is 0 Å². The van der Waals surface area contributed by atoms with E-state index in [9.17, 15) is 0 Å². The van der Waals surface area contributed by atoms with E-state index in [0.29, 0.717) is 6.04 Å². The largest absolute Gasteiger partial charge is 0.398 e. The lowest BCUT2D eigenvalue weighted by molar-refractivity contribution is 0.513. The lowest BCUT2D eigenvalue weighted by Gasteiger charge is -2.26. The lowest BCUT2D eigenvalue weighted by atomic mass is 10.0. The molecule has 5 heteroatoms. The van der Waals surface area contributed by atoms with Gasteiger partial charge in [0.25, 0.3) is 0 Å².